The van der Waals surface area contributed by atoms with Crippen molar-refractivity contribution in [2.24, 2.45) is 5.41 Å². The molecule has 2 nitrogen and oxygen atoms in total. The fraction of sp³-hybridized carbons (Fsp3) is 0.667. The van der Waals surface area contributed by atoms with Crippen molar-refractivity contribution in [3.05, 3.63) is 35.4 Å². The molecule has 0 radical (unpaired) electrons. The van der Waals surface area contributed by atoms with Crippen LogP contribution < -0.4 is 5.32 Å². The van der Waals surface area contributed by atoms with Gasteiger partial charge in [0.2, 0.25) is 0 Å². The van der Waals surface area contributed by atoms with Gasteiger partial charge in [0.25, 0.3) is 0 Å². The van der Waals surface area contributed by atoms with E-state index in [-0.39, 0.29) is 0 Å². The minimum absolute atomic E-state index is 0.458. The third kappa shape index (κ3) is 2.64. The van der Waals surface area contributed by atoms with Gasteiger partial charge in [0, 0.05) is 19.1 Å². The smallest absolute Gasteiger partial charge is 0.0578 e. The molecular weight excluding hydrogens is 246 g/mol. The van der Waals surface area contributed by atoms with E-state index in [0.29, 0.717) is 17.4 Å². The van der Waals surface area contributed by atoms with E-state index in [0.717, 1.165) is 19.6 Å². The molecule has 3 atom stereocenters. The minimum Gasteiger partial charge on any atom is -0.378 e. The number of ether oxygens (including phenoxy) is 1. The molecule has 1 spiro atoms. The quantitative estimate of drug-likeness (QED) is 0.888. The standard InChI is InChI=1S/C18H27NO/c1-3-16-12-18(9-11-20-16)8-10-19-13-17(18)15-6-4-14(2)5-7-15/h4-7,16-17,19H,3,8-13H2,1-2H3. The van der Waals surface area contributed by atoms with E-state index < -0.39 is 0 Å². The molecule has 1 aromatic rings. The molecular formula is C18H27NO. The molecule has 0 bridgehead atoms. The van der Waals surface area contributed by atoms with Gasteiger partial charge in [-0.25, -0.2) is 0 Å². The highest BCUT2D eigenvalue weighted by atomic mass is 16.5. The summed E-state index contributed by atoms with van der Waals surface area (Å²) >= 11 is 0. The number of rotatable bonds is 2. The van der Waals surface area contributed by atoms with Crippen LogP contribution in [0.2, 0.25) is 0 Å². The van der Waals surface area contributed by atoms with Gasteiger partial charge in [-0.3, -0.25) is 0 Å². The molecule has 3 rings (SSSR count). The molecule has 1 N–H and O–H groups in total. The van der Waals surface area contributed by atoms with Crippen LogP contribution in [0, 0.1) is 12.3 Å². The fourth-order valence-corrected chi connectivity index (χ4v) is 4.09. The van der Waals surface area contributed by atoms with Crippen molar-refractivity contribution in [3.63, 3.8) is 0 Å². The number of hydrogen-bond donors (Lipinski definition) is 1. The van der Waals surface area contributed by atoms with Crippen molar-refractivity contribution >= 4 is 0 Å². The third-order valence-corrected chi connectivity index (χ3v) is 5.41. The average Bonchev–Trinajstić information content (AvgIpc) is 2.49. The Morgan fingerprint density at radius 1 is 1.25 bits per heavy atom. The molecule has 0 saturated carbocycles. The van der Waals surface area contributed by atoms with Crippen LogP contribution in [0.25, 0.3) is 0 Å². The van der Waals surface area contributed by atoms with E-state index in [1.807, 2.05) is 0 Å². The summed E-state index contributed by atoms with van der Waals surface area (Å²) in [6.07, 6.45) is 5.38. The maximum absolute atomic E-state index is 5.94. The zero-order valence-electron chi connectivity index (χ0n) is 12.8. The van der Waals surface area contributed by atoms with Gasteiger partial charge in [0.15, 0.2) is 0 Å². The number of nitrogens with one attached hydrogen (secondary N) is 1. The van der Waals surface area contributed by atoms with E-state index in [1.54, 1.807) is 0 Å². The molecule has 2 aliphatic rings. The van der Waals surface area contributed by atoms with Crippen LogP contribution in [-0.4, -0.2) is 25.8 Å². The number of aryl methyl sites for hydroxylation is 1. The van der Waals surface area contributed by atoms with Gasteiger partial charge in [-0.05, 0) is 50.1 Å². The third-order valence-electron chi connectivity index (χ3n) is 5.41. The van der Waals surface area contributed by atoms with E-state index in [4.69, 9.17) is 4.74 Å². The second-order valence-corrected chi connectivity index (χ2v) is 6.63. The van der Waals surface area contributed by atoms with Gasteiger partial charge in [-0.15, -0.1) is 0 Å². The summed E-state index contributed by atoms with van der Waals surface area (Å²) in [7, 11) is 0. The maximum atomic E-state index is 5.94. The molecule has 2 heterocycles. The molecule has 0 amide bonds. The minimum atomic E-state index is 0.458. The van der Waals surface area contributed by atoms with Crippen LogP contribution in [0.15, 0.2) is 24.3 Å². The lowest BCUT2D eigenvalue weighted by molar-refractivity contribution is -0.0690. The highest BCUT2D eigenvalue weighted by Gasteiger charge is 2.44. The Balaban J connectivity index is 1.88. The summed E-state index contributed by atoms with van der Waals surface area (Å²) < 4.78 is 5.94. The lowest BCUT2D eigenvalue weighted by Crippen LogP contribution is -2.48. The molecule has 3 unspecified atom stereocenters. The second-order valence-electron chi connectivity index (χ2n) is 6.63. The van der Waals surface area contributed by atoms with E-state index in [1.165, 1.54) is 36.9 Å². The van der Waals surface area contributed by atoms with Crippen molar-refractivity contribution in [2.45, 2.75) is 51.6 Å². The molecule has 0 aromatic heterocycles. The van der Waals surface area contributed by atoms with Crippen molar-refractivity contribution in [2.75, 3.05) is 19.7 Å². The van der Waals surface area contributed by atoms with E-state index in [9.17, 15) is 0 Å². The predicted octanol–water partition coefficient (Wildman–Crippen LogP) is 3.65. The van der Waals surface area contributed by atoms with Crippen LogP contribution >= 0.6 is 0 Å². The highest BCUT2D eigenvalue weighted by molar-refractivity contribution is 5.27. The van der Waals surface area contributed by atoms with Gasteiger partial charge in [-0.1, -0.05) is 36.8 Å². The largest absolute Gasteiger partial charge is 0.378 e. The summed E-state index contributed by atoms with van der Waals surface area (Å²) in [5.74, 6) is 0.648. The molecule has 1 aromatic carbocycles. The second kappa shape index (κ2) is 5.87. The molecule has 2 saturated heterocycles. The summed E-state index contributed by atoms with van der Waals surface area (Å²) in [6.45, 7) is 7.66. The Kier molecular flexibility index (Phi) is 4.13. The zero-order valence-corrected chi connectivity index (χ0v) is 12.8. The maximum Gasteiger partial charge on any atom is 0.0578 e. The highest BCUT2D eigenvalue weighted by Crippen LogP contribution is 2.49. The van der Waals surface area contributed by atoms with Gasteiger partial charge in [0.1, 0.15) is 0 Å². The zero-order chi connectivity index (χ0) is 14.0. The average molecular weight is 273 g/mol. The monoisotopic (exact) mass is 273 g/mol. The van der Waals surface area contributed by atoms with Crippen molar-refractivity contribution < 1.29 is 4.74 Å². The van der Waals surface area contributed by atoms with Crippen LogP contribution in [0.4, 0.5) is 0 Å². The van der Waals surface area contributed by atoms with Gasteiger partial charge >= 0.3 is 0 Å². The first-order valence-electron chi connectivity index (χ1n) is 8.12. The summed E-state index contributed by atoms with van der Waals surface area (Å²) in [6, 6.07) is 9.19. The first kappa shape index (κ1) is 14.1. The van der Waals surface area contributed by atoms with Crippen LogP contribution in [0.3, 0.4) is 0 Å². The summed E-state index contributed by atoms with van der Waals surface area (Å²) in [5.41, 5.74) is 3.32. The summed E-state index contributed by atoms with van der Waals surface area (Å²) in [5, 5.41) is 3.61. The topological polar surface area (TPSA) is 21.3 Å². The fourth-order valence-electron chi connectivity index (χ4n) is 4.09. The summed E-state index contributed by atoms with van der Waals surface area (Å²) in [4.78, 5) is 0. The Bertz CT molecular complexity index is 437. The Labute approximate surface area is 122 Å². The molecule has 20 heavy (non-hydrogen) atoms. The van der Waals surface area contributed by atoms with Crippen LogP contribution in [-0.2, 0) is 4.74 Å². The number of piperidine rings is 1. The predicted molar refractivity (Wildman–Crippen MR) is 83.1 cm³/mol. The molecule has 2 aliphatic heterocycles. The Morgan fingerprint density at radius 2 is 2.05 bits per heavy atom. The van der Waals surface area contributed by atoms with Gasteiger partial charge in [-0.2, -0.15) is 0 Å². The SMILES string of the molecule is CCC1CC2(CCNCC2c2ccc(C)cc2)CCO1. The molecule has 110 valence electrons. The Morgan fingerprint density at radius 3 is 2.80 bits per heavy atom. The van der Waals surface area contributed by atoms with Crippen molar-refractivity contribution in [3.8, 4) is 0 Å². The molecule has 0 aliphatic carbocycles. The van der Waals surface area contributed by atoms with E-state index >= 15 is 0 Å². The van der Waals surface area contributed by atoms with Crippen molar-refractivity contribution in [1.29, 1.82) is 0 Å². The first-order chi connectivity index (χ1) is 9.73. The van der Waals surface area contributed by atoms with Gasteiger partial charge < -0.3 is 10.1 Å². The van der Waals surface area contributed by atoms with Crippen molar-refractivity contribution in [1.82, 2.24) is 5.32 Å². The Hall–Kier alpha value is -0.860. The number of benzene rings is 1. The lowest BCUT2D eigenvalue weighted by Gasteiger charge is -2.49. The number of hydrogen-bond acceptors (Lipinski definition) is 2. The molecule has 2 fully saturated rings. The van der Waals surface area contributed by atoms with E-state index in [2.05, 4.69) is 43.4 Å². The normalized spacial score (nSPS) is 34.3. The molecule has 2 heteroatoms. The van der Waals surface area contributed by atoms with Crippen LogP contribution in [0.5, 0.6) is 0 Å². The van der Waals surface area contributed by atoms with Gasteiger partial charge in [0.05, 0.1) is 6.10 Å². The lowest BCUT2D eigenvalue weighted by atomic mass is 9.62. The first-order valence-corrected chi connectivity index (χ1v) is 8.12. The van der Waals surface area contributed by atoms with Crippen LogP contribution in [0.1, 0.15) is 49.7 Å².